The zero-order valence-corrected chi connectivity index (χ0v) is 20.5. The Bertz CT molecular complexity index is 1230. The van der Waals surface area contributed by atoms with Gasteiger partial charge in [-0.2, -0.15) is 4.72 Å². The second-order valence-corrected chi connectivity index (χ2v) is 10.7. The van der Waals surface area contributed by atoms with Crippen LogP contribution in [0.3, 0.4) is 0 Å². The third kappa shape index (κ3) is 4.67. The average Bonchev–Trinajstić information content (AvgIpc) is 3.13. The van der Waals surface area contributed by atoms with E-state index in [1.165, 1.54) is 23.9 Å². The van der Waals surface area contributed by atoms with E-state index in [1.807, 2.05) is 60.7 Å². The lowest BCUT2D eigenvalue weighted by molar-refractivity contribution is -0.0349. The molecule has 1 aliphatic heterocycles. The first kappa shape index (κ1) is 23.8. The number of halogens is 1. The summed E-state index contributed by atoms with van der Waals surface area (Å²) in [7, 11) is -0.672. The van der Waals surface area contributed by atoms with Gasteiger partial charge in [-0.3, -0.25) is 4.99 Å². The molecule has 0 amide bonds. The molecule has 0 saturated carbocycles. The Morgan fingerprint density at radius 3 is 2.15 bits per heavy atom. The average molecular weight is 502 g/mol. The molecule has 1 unspecified atom stereocenters. The zero-order chi connectivity index (χ0) is 23.6. The van der Waals surface area contributed by atoms with Crippen molar-refractivity contribution in [3.05, 3.63) is 101 Å². The third-order valence-electron chi connectivity index (χ3n) is 5.66. The van der Waals surface area contributed by atoms with Crippen LogP contribution < -0.4 is 4.72 Å². The lowest BCUT2D eigenvalue weighted by Crippen LogP contribution is -2.42. The summed E-state index contributed by atoms with van der Waals surface area (Å²) in [6, 6.07) is 22.7. The van der Waals surface area contributed by atoms with Crippen LogP contribution in [-0.2, 0) is 15.7 Å². The van der Waals surface area contributed by atoms with Crippen LogP contribution in [0.25, 0.3) is 0 Å². The summed E-state index contributed by atoms with van der Waals surface area (Å²) in [6.45, 7) is 0. The number of thioether (sulfide) groups is 1. The lowest BCUT2D eigenvalue weighted by atomic mass is 10.00. The first-order valence-electron chi connectivity index (χ1n) is 10.2. The first-order valence-corrected chi connectivity index (χ1v) is 13.1. The second-order valence-electron chi connectivity index (χ2n) is 7.69. The van der Waals surface area contributed by atoms with Crippen LogP contribution in [0.1, 0.15) is 22.7 Å². The fourth-order valence-corrected chi connectivity index (χ4v) is 6.71. The molecule has 0 aromatic heterocycles. The number of sulfonamides is 1. The van der Waals surface area contributed by atoms with E-state index in [2.05, 4.69) is 9.71 Å². The molecule has 172 valence electrons. The highest BCUT2D eigenvalue weighted by atomic mass is 35.5. The molecule has 1 saturated heterocycles. The second kappa shape index (κ2) is 9.48. The maximum absolute atomic E-state index is 13.6. The van der Waals surface area contributed by atoms with E-state index < -0.39 is 21.8 Å². The van der Waals surface area contributed by atoms with Gasteiger partial charge in [0.1, 0.15) is 4.90 Å². The minimum Gasteiger partial charge on any atom is -0.366 e. The molecule has 1 aliphatic rings. The number of nitrogens with zero attached hydrogens (tertiary/aromatic N) is 2. The molecule has 3 aromatic carbocycles. The summed E-state index contributed by atoms with van der Waals surface area (Å²) in [4.78, 5) is 5.72. The van der Waals surface area contributed by atoms with E-state index in [1.54, 1.807) is 25.1 Å². The van der Waals surface area contributed by atoms with Gasteiger partial charge in [0, 0.05) is 19.7 Å². The van der Waals surface area contributed by atoms with Crippen molar-refractivity contribution in [1.82, 2.24) is 9.62 Å². The van der Waals surface area contributed by atoms with E-state index in [-0.39, 0.29) is 9.92 Å². The monoisotopic (exact) mass is 501 g/mol. The van der Waals surface area contributed by atoms with Gasteiger partial charge in [0.15, 0.2) is 10.9 Å². The minimum atomic E-state index is -4.05. The van der Waals surface area contributed by atoms with Crippen LogP contribution >= 0.6 is 23.4 Å². The quantitative estimate of drug-likeness (QED) is 0.528. The normalized spacial score (nSPS) is 20.0. The Morgan fingerprint density at radius 2 is 1.64 bits per heavy atom. The lowest BCUT2D eigenvalue weighted by Gasteiger charge is -2.31. The van der Waals surface area contributed by atoms with Gasteiger partial charge in [-0.15, -0.1) is 0 Å². The number of nitrogens with one attached hydrogen (secondary N) is 1. The summed E-state index contributed by atoms with van der Waals surface area (Å²) >= 11 is 7.76. The van der Waals surface area contributed by atoms with E-state index in [0.29, 0.717) is 16.5 Å². The Balaban J connectivity index is 1.74. The first-order chi connectivity index (χ1) is 15.8. The molecule has 4 rings (SSSR count). The van der Waals surface area contributed by atoms with Crippen molar-refractivity contribution < 1.29 is 13.5 Å². The minimum absolute atomic E-state index is 0.0763. The Hall–Kier alpha value is -2.36. The maximum Gasteiger partial charge on any atom is 0.242 e. The Morgan fingerprint density at radius 1 is 1.06 bits per heavy atom. The highest BCUT2D eigenvalue weighted by Crippen LogP contribution is 2.39. The molecule has 0 spiro atoms. The predicted octanol–water partition coefficient (Wildman–Crippen LogP) is 4.22. The zero-order valence-electron chi connectivity index (χ0n) is 18.1. The fourth-order valence-electron chi connectivity index (χ4n) is 3.81. The topological polar surface area (TPSA) is 82.0 Å². The molecule has 6 nitrogen and oxygen atoms in total. The fraction of sp³-hybridized carbons (Fsp3) is 0.208. The largest absolute Gasteiger partial charge is 0.366 e. The van der Waals surface area contributed by atoms with E-state index in [9.17, 15) is 13.5 Å². The molecular weight excluding hydrogens is 478 g/mol. The SMILES string of the molecule is CN=C1SCC(O)(c2ccc(Cl)c(S(=O)(=O)NC(c3ccccc3)c3ccccc3)c2)N1C. The van der Waals surface area contributed by atoms with Gasteiger partial charge in [-0.1, -0.05) is 90.1 Å². The van der Waals surface area contributed by atoms with Crippen LogP contribution in [0.5, 0.6) is 0 Å². The molecular formula is C24H24ClN3O3S2. The van der Waals surface area contributed by atoms with Crippen LogP contribution in [-0.4, -0.2) is 43.4 Å². The van der Waals surface area contributed by atoms with Gasteiger partial charge in [0.05, 0.1) is 16.8 Å². The van der Waals surface area contributed by atoms with E-state index >= 15 is 0 Å². The molecule has 0 radical (unpaired) electrons. The van der Waals surface area contributed by atoms with Crippen molar-refractivity contribution in [1.29, 1.82) is 0 Å². The van der Waals surface area contributed by atoms with Gasteiger partial charge >= 0.3 is 0 Å². The number of benzene rings is 3. The number of aliphatic hydroxyl groups is 1. The molecule has 1 atom stereocenters. The molecule has 1 fully saturated rings. The number of hydrogen-bond acceptors (Lipinski definition) is 5. The van der Waals surface area contributed by atoms with Gasteiger partial charge in [0.2, 0.25) is 10.0 Å². The summed E-state index contributed by atoms with van der Waals surface area (Å²) in [5.41, 5.74) is 0.631. The Labute approximate surface area is 203 Å². The van der Waals surface area contributed by atoms with Crippen molar-refractivity contribution in [3.63, 3.8) is 0 Å². The molecule has 0 bridgehead atoms. The number of aliphatic imine (C=N–C) groups is 1. The summed E-state index contributed by atoms with van der Waals surface area (Å²) in [6.07, 6.45) is 0. The summed E-state index contributed by atoms with van der Waals surface area (Å²) < 4.78 is 29.9. The maximum atomic E-state index is 13.6. The predicted molar refractivity (Wildman–Crippen MR) is 134 cm³/mol. The molecule has 2 N–H and O–H groups in total. The van der Waals surface area contributed by atoms with Crippen molar-refractivity contribution in [2.75, 3.05) is 19.8 Å². The molecule has 9 heteroatoms. The van der Waals surface area contributed by atoms with Crippen LogP contribution in [0.4, 0.5) is 0 Å². The van der Waals surface area contributed by atoms with E-state index in [0.717, 1.165) is 11.1 Å². The van der Waals surface area contributed by atoms with Gasteiger partial charge in [0.25, 0.3) is 0 Å². The van der Waals surface area contributed by atoms with Crippen LogP contribution in [0.15, 0.2) is 88.8 Å². The van der Waals surface area contributed by atoms with Gasteiger partial charge < -0.3 is 10.0 Å². The molecule has 33 heavy (non-hydrogen) atoms. The Kier molecular flexibility index (Phi) is 6.83. The smallest absolute Gasteiger partial charge is 0.242 e. The highest BCUT2D eigenvalue weighted by Gasteiger charge is 2.43. The van der Waals surface area contributed by atoms with E-state index in [4.69, 9.17) is 11.6 Å². The third-order valence-corrected chi connectivity index (χ3v) is 8.82. The highest BCUT2D eigenvalue weighted by molar-refractivity contribution is 8.14. The summed E-state index contributed by atoms with van der Waals surface area (Å²) in [5, 5.41) is 12.1. The molecule has 0 aliphatic carbocycles. The number of hydrogen-bond donors (Lipinski definition) is 2. The van der Waals surface area contributed by atoms with Crippen molar-refractivity contribution in [2.24, 2.45) is 4.99 Å². The standard InChI is InChI=1S/C24H24ClN3O3S2/c1-26-23-28(2)24(29,16-32-23)19-13-14-20(25)21(15-19)33(30,31)27-22(17-9-5-3-6-10-17)18-11-7-4-8-12-18/h3-15,22,27,29H,16H2,1-2H3. The van der Waals surface area contributed by atoms with Gasteiger partial charge in [-0.25, -0.2) is 8.42 Å². The summed E-state index contributed by atoms with van der Waals surface area (Å²) in [5.74, 6) is 0.321. The van der Waals surface area contributed by atoms with Crippen molar-refractivity contribution in [3.8, 4) is 0 Å². The number of amidine groups is 1. The molecule has 1 heterocycles. The number of rotatable bonds is 6. The van der Waals surface area contributed by atoms with Crippen molar-refractivity contribution in [2.45, 2.75) is 16.7 Å². The van der Waals surface area contributed by atoms with Crippen molar-refractivity contribution >= 4 is 38.6 Å². The molecule has 3 aromatic rings. The van der Waals surface area contributed by atoms with Crippen LogP contribution in [0.2, 0.25) is 5.02 Å². The van der Waals surface area contributed by atoms with Gasteiger partial charge in [-0.05, 0) is 23.3 Å². The van der Waals surface area contributed by atoms with Crippen LogP contribution in [0, 0.1) is 0 Å².